The molecule has 108 valence electrons. The Labute approximate surface area is 133 Å². The maximum Gasteiger partial charge on any atom is 0.328 e. The van der Waals surface area contributed by atoms with E-state index in [4.69, 9.17) is 21.4 Å². The molecule has 2 aromatic carbocycles. The van der Waals surface area contributed by atoms with Gasteiger partial charge in [-0.2, -0.15) is 0 Å². The van der Waals surface area contributed by atoms with Gasteiger partial charge in [-0.1, -0.05) is 27.5 Å². The summed E-state index contributed by atoms with van der Waals surface area (Å²) < 4.78 is 19.9. The van der Waals surface area contributed by atoms with Crippen molar-refractivity contribution in [2.45, 2.75) is 0 Å². The molecule has 1 N–H and O–H groups in total. The molecule has 0 bridgehead atoms. The Bertz CT molecular complexity index is 716. The van der Waals surface area contributed by atoms with E-state index in [-0.39, 0.29) is 5.75 Å². The Morgan fingerprint density at radius 2 is 2.00 bits per heavy atom. The monoisotopic (exact) mass is 370 g/mol. The fraction of sp³-hybridized carbons (Fsp3) is 0. The Balaban J connectivity index is 2.39. The second-order valence-corrected chi connectivity index (χ2v) is 5.38. The Morgan fingerprint density at radius 1 is 1.24 bits per heavy atom. The maximum atomic E-state index is 13.7. The summed E-state index contributed by atoms with van der Waals surface area (Å²) in [6.45, 7) is 0. The molecule has 0 unspecified atom stereocenters. The van der Waals surface area contributed by atoms with Crippen molar-refractivity contribution in [3.05, 3.63) is 63.4 Å². The highest BCUT2D eigenvalue weighted by atomic mass is 79.9. The van der Waals surface area contributed by atoms with Gasteiger partial charge in [-0.25, -0.2) is 9.18 Å². The topological polar surface area (TPSA) is 46.5 Å². The largest absolute Gasteiger partial charge is 0.478 e. The third kappa shape index (κ3) is 4.31. The number of carbonyl (C=O) groups is 1. The van der Waals surface area contributed by atoms with Crippen LogP contribution in [0.1, 0.15) is 5.56 Å². The molecule has 0 aliphatic heterocycles. The summed E-state index contributed by atoms with van der Waals surface area (Å²) in [5, 5.41) is 9.10. The first-order chi connectivity index (χ1) is 9.95. The Hall–Kier alpha value is -1.85. The lowest BCUT2D eigenvalue weighted by molar-refractivity contribution is -0.131. The van der Waals surface area contributed by atoms with Crippen LogP contribution in [0.25, 0.3) is 6.08 Å². The van der Waals surface area contributed by atoms with Crippen molar-refractivity contribution in [1.29, 1.82) is 0 Å². The first kappa shape index (κ1) is 15.5. The van der Waals surface area contributed by atoms with E-state index in [9.17, 15) is 9.18 Å². The molecule has 21 heavy (non-hydrogen) atoms. The molecule has 6 heteroatoms. The number of halogens is 3. The highest BCUT2D eigenvalue weighted by Crippen LogP contribution is 2.31. The number of hydrogen-bond acceptors (Lipinski definition) is 2. The van der Waals surface area contributed by atoms with E-state index in [2.05, 4.69) is 15.9 Å². The normalized spacial score (nSPS) is 10.8. The van der Waals surface area contributed by atoms with E-state index in [1.807, 2.05) is 0 Å². The van der Waals surface area contributed by atoms with Crippen molar-refractivity contribution < 1.29 is 19.0 Å². The van der Waals surface area contributed by atoms with Gasteiger partial charge < -0.3 is 9.84 Å². The first-order valence-corrected chi connectivity index (χ1v) is 6.96. The number of ether oxygens (including phenoxy) is 1. The number of carboxylic acid groups (broad SMARTS) is 1. The van der Waals surface area contributed by atoms with Crippen LogP contribution in [-0.2, 0) is 4.79 Å². The average molecular weight is 372 g/mol. The average Bonchev–Trinajstić information content (AvgIpc) is 2.43. The van der Waals surface area contributed by atoms with Crippen LogP contribution in [-0.4, -0.2) is 11.1 Å². The van der Waals surface area contributed by atoms with Crippen molar-refractivity contribution in [3.63, 3.8) is 0 Å². The summed E-state index contributed by atoms with van der Waals surface area (Å²) in [4.78, 5) is 10.6. The fourth-order valence-corrected chi connectivity index (χ4v) is 2.10. The van der Waals surface area contributed by atoms with Crippen molar-refractivity contribution in [2.24, 2.45) is 0 Å². The van der Waals surface area contributed by atoms with Crippen LogP contribution in [0.2, 0.25) is 5.02 Å². The summed E-state index contributed by atoms with van der Waals surface area (Å²) in [6.07, 6.45) is 2.29. The second kappa shape index (κ2) is 6.74. The number of hydrogen-bond donors (Lipinski definition) is 1. The molecule has 0 aliphatic rings. The third-order valence-corrected chi connectivity index (χ3v) is 3.22. The number of carboxylic acids is 1. The minimum Gasteiger partial charge on any atom is -0.478 e. The number of benzene rings is 2. The van der Waals surface area contributed by atoms with Gasteiger partial charge in [-0.05, 0) is 42.5 Å². The van der Waals surface area contributed by atoms with Crippen molar-refractivity contribution in [1.82, 2.24) is 0 Å². The zero-order valence-corrected chi connectivity index (χ0v) is 12.9. The van der Waals surface area contributed by atoms with Gasteiger partial charge >= 0.3 is 5.97 Å². The van der Waals surface area contributed by atoms with Gasteiger partial charge in [0.05, 0.1) is 0 Å². The molecule has 0 atom stereocenters. The van der Waals surface area contributed by atoms with E-state index in [0.29, 0.717) is 20.8 Å². The summed E-state index contributed by atoms with van der Waals surface area (Å²) in [6, 6.07) is 8.95. The molecule has 0 heterocycles. The minimum atomic E-state index is -1.10. The molecule has 3 nitrogen and oxygen atoms in total. The van der Waals surface area contributed by atoms with Crippen LogP contribution in [0.4, 0.5) is 4.39 Å². The number of aliphatic carboxylic acids is 1. The van der Waals surface area contributed by atoms with Crippen molar-refractivity contribution in [2.75, 3.05) is 0 Å². The molecule has 0 spiro atoms. The molecular weight excluding hydrogens is 363 g/mol. The van der Waals surface area contributed by atoms with E-state index < -0.39 is 11.8 Å². The van der Waals surface area contributed by atoms with E-state index in [0.717, 1.165) is 6.08 Å². The molecule has 0 aromatic heterocycles. The van der Waals surface area contributed by atoms with Crippen LogP contribution in [0.5, 0.6) is 11.5 Å². The number of rotatable bonds is 4. The van der Waals surface area contributed by atoms with E-state index >= 15 is 0 Å². The highest BCUT2D eigenvalue weighted by Gasteiger charge is 2.09. The Kier molecular flexibility index (Phi) is 4.98. The quantitative estimate of drug-likeness (QED) is 0.758. The molecule has 0 aliphatic carbocycles. The van der Waals surface area contributed by atoms with Crippen LogP contribution < -0.4 is 4.74 Å². The van der Waals surface area contributed by atoms with Gasteiger partial charge in [-0.3, -0.25) is 0 Å². The zero-order valence-electron chi connectivity index (χ0n) is 10.5. The third-order valence-electron chi connectivity index (χ3n) is 2.49. The smallest absolute Gasteiger partial charge is 0.328 e. The fourth-order valence-electron chi connectivity index (χ4n) is 1.58. The van der Waals surface area contributed by atoms with Crippen molar-refractivity contribution >= 4 is 39.6 Å². The molecular formula is C15H9BrClFO3. The molecule has 0 radical (unpaired) electrons. The lowest BCUT2D eigenvalue weighted by Crippen LogP contribution is -1.92. The van der Waals surface area contributed by atoms with Gasteiger partial charge in [0.15, 0.2) is 11.6 Å². The van der Waals surface area contributed by atoms with Crippen LogP contribution in [0.15, 0.2) is 46.9 Å². The summed E-state index contributed by atoms with van der Waals surface area (Å²) in [5.41, 5.74) is 0.435. The zero-order chi connectivity index (χ0) is 15.4. The van der Waals surface area contributed by atoms with Gasteiger partial charge in [-0.15, -0.1) is 0 Å². The van der Waals surface area contributed by atoms with Gasteiger partial charge in [0.2, 0.25) is 0 Å². The maximum absolute atomic E-state index is 13.7. The molecule has 0 saturated carbocycles. The van der Waals surface area contributed by atoms with Gasteiger partial charge in [0.1, 0.15) is 5.75 Å². The molecule has 0 amide bonds. The highest BCUT2D eigenvalue weighted by molar-refractivity contribution is 9.10. The summed E-state index contributed by atoms with van der Waals surface area (Å²) in [7, 11) is 0. The van der Waals surface area contributed by atoms with E-state index in [1.54, 1.807) is 18.2 Å². The molecule has 2 rings (SSSR count). The van der Waals surface area contributed by atoms with Crippen LogP contribution in [0, 0.1) is 5.82 Å². The summed E-state index contributed by atoms with van der Waals surface area (Å²) in [5.74, 6) is -1.30. The predicted molar refractivity (Wildman–Crippen MR) is 82.3 cm³/mol. The molecule has 0 saturated heterocycles. The van der Waals surface area contributed by atoms with Crippen LogP contribution in [0.3, 0.4) is 0 Å². The Morgan fingerprint density at radius 3 is 2.71 bits per heavy atom. The van der Waals surface area contributed by atoms with Gasteiger partial charge in [0.25, 0.3) is 0 Å². The summed E-state index contributed by atoms with van der Waals surface area (Å²) >= 11 is 9.10. The first-order valence-electron chi connectivity index (χ1n) is 5.79. The SMILES string of the molecule is O=C(O)/C=C/c1cc(Cl)ccc1Oc1cc(Br)ccc1F. The molecule has 2 aromatic rings. The standard InChI is InChI=1S/C15H9BrClFO3/c16-10-2-4-12(18)14(8-10)21-13-5-3-11(17)7-9(13)1-6-15(19)20/h1-8H,(H,19,20)/b6-1+. The lowest BCUT2D eigenvalue weighted by Gasteiger charge is -2.10. The molecule has 0 fully saturated rings. The van der Waals surface area contributed by atoms with Gasteiger partial charge in [0, 0.05) is 21.1 Å². The predicted octanol–water partition coefficient (Wildman–Crippen LogP) is 5.13. The van der Waals surface area contributed by atoms with E-state index in [1.165, 1.54) is 24.3 Å². The minimum absolute atomic E-state index is 0.0247. The van der Waals surface area contributed by atoms with Crippen molar-refractivity contribution in [3.8, 4) is 11.5 Å². The second-order valence-electron chi connectivity index (χ2n) is 4.03. The van der Waals surface area contributed by atoms with Crippen LogP contribution >= 0.6 is 27.5 Å². The lowest BCUT2D eigenvalue weighted by atomic mass is 10.2.